The summed E-state index contributed by atoms with van der Waals surface area (Å²) in [5.74, 6) is -0.103. The molecule has 9 heteroatoms. The quantitative estimate of drug-likeness (QED) is 0.442. The summed E-state index contributed by atoms with van der Waals surface area (Å²) in [7, 11) is 3.10. The van der Waals surface area contributed by atoms with Crippen molar-refractivity contribution in [3.63, 3.8) is 0 Å². The summed E-state index contributed by atoms with van der Waals surface area (Å²) < 4.78 is 48.9. The first-order chi connectivity index (χ1) is 14.6. The molecule has 0 spiro atoms. The van der Waals surface area contributed by atoms with Gasteiger partial charge in [-0.2, -0.15) is 18.3 Å². The van der Waals surface area contributed by atoms with E-state index >= 15 is 0 Å². The highest BCUT2D eigenvalue weighted by Crippen LogP contribution is 2.45. The van der Waals surface area contributed by atoms with E-state index in [2.05, 4.69) is 10.1 Å². The Kier molecular flexibility index (Phi) is 6.26. The highest BCUT2D eigenvalue weighted by molar-refractivity contribution is 5.77. The van der Waals surface area contributed by atoms with E-state index in [1.165, 1.54) is 25.4 Å². The van der Waals surface area contributed by atoms with Gasteiger partial charge in [0.25, 0.3) is 0 Å². The fraction of sp³-hybridized carbons (Fsp3) is 0.364. The van der Waals surface area contributed by atoms with E-state index in [1.54, 1.807) is 37.5 Å². The van der Waals surface area contributed by atoms with Crippen LogP contribution in [0.5, 0.6) is 5.75 Å². The summed E-state index contributed by atoms with van der Waals surface area (Å²) in [4.78, 5) is 6.15. The Balaban J connectivity index is 2.09. The number of halogens is 3. The van der Waals surface area contributed by atoms with Crippen molar-refractivity contribution in [2.75, 3.05) is 20.7 Å². The lowest BCUT2D eigenvalue weighted by Crippen LogP contribution is -2.46. The number of rotatable bonds is 7. The maximum atomic E-state index is 14.2. The normalized spacial score (nSPS) is 14.2. The smallest absolute Gasteiger partial charge is 0.423 e. The van der Waals surface area contributed by atoms with Gasteiger partial charge in [0.2, 0.25) is 5.60 Å². The highest BCUT2D eigenvalue weighted by Gasteiger charge is 2.57. The van der Waals surface area contributed by atoms with Gasteiger partial charge in [-0.15, -0.1) is 0 Å². The van der Waals surface area contributed by atoms with Crippen LogP contribution in [0.4, 0.5) is 18.9 Å². The lowest BCUT2D eigenvalue weighted by molar-refractivity contribution is -0.273. The van der Waals surface area contributed by atoms with Gasteiger partial charge < -0.3 is 14.7 Å². The predicted octanol–water partition coefficient (Wildman–Crippen LogP) is 4.41. The second kappa shape index (κ2) is 8.58. The third-order valence-corrected chi connectivity index (χ3v) is 5.18. The Morgan fingerprint density at radius 3 is 2.58 bits per heavy atom. The second-order valence-electron chi connectivity index (χ2n) is 7.40. The molecular weight excluding hydrogens is 409 g/mol. The van der Waals surface area contributed by atoms with Crippen LogP contribution >= 0.6 is 0 Å². The van der Waals surface area contributed by atoms with E-state index in [9.17, 15) is 18.3 Å². The van der Waals surface area contributed by atoms with E-state index in [0.29, 0.717) is 22.2 Å². The van der Waals surface area contributed by atoms with Gasteiger partial charge in [-0.1, -0.05) is 18.2 Å². The Morgan fingerprint density at radius 2 is 1.97 bits per heavy atom. The summed E-state index contributed by atoms with van der Waals surface area (Å²) in [5, 5.41) is 15.8. The molecule has 31 heavy (non-hydrogen) atoms. The largest absolute Gasteiger partial charge is 0.496 e. The average Bonchev–Trinajstić information content (AvgIpc) is 3.13. The van der Waals surface area contributed by atoms with E-state index in [0.717, 1.165) is 11.2 Å². The Hall–Kier alpha value is -3.07. The van der Waals surface area contributed by atoms with Gasteiger partial charge in [0.15, 0.2) is 0 Å². The lowest BCUT2D eigenvalue weighted by Gasteiger charge is -2.32. The van der Waals surface area contributed by atoms with Gasteiger partial charge >= 0.3 is 6.18 Å². The second-order valence-corrected chi connectivity index (χ2v) is 7.40. The monoisotopic (exact) mass is 434 g/mol. The molecule has 0 fully saturated rings. The zero-order valence-corrected chi connectivity index (χ0v) is 17.8. The molecule has 3 aromatic rings. The molecule has 166 valence electrons. The average molecular weight is 434 g/mol. The third kappa shape index (κ3) is 4.51. The Morgan fingerprint density at radius 1 is 1.26 bits per heavy atom. The van der Waals surface area contributed by atoms with Crippen LogP contribution in [0.15, 0.2) is 47.6 Å². The van der Waals surface area contributed by atoms with Crippen LogP contribution in [0.3, 0.4) is 0 Å². The molecule has 0 saturated carbocycles. The predicted molar refractivity (Wildman–Crippen MR) is 114 cm³/mol. The minimum atomic E-state index is -4.97. The molecule has 1 atom stereocenters. The number of aliphatic hydroxyl groups is 1. The third-order valence-electron chi connectivity index (χ3n) is 5.18. The van der Waals surface area contributed by atoms with Crippen LogP contribution in [-0.4, -0.2) is 53.0 Å². The first kappa shape index (κ1) is 22.6. The SMILES string of the molecule is CCN(C)/C=N/c1cc(OC)c(C(O)(Cn2cc3ccccc3n2)C(F)(F)F)cc1C. The number of aryl methyl sites for hydroxylation is 1. The molecule has 0 bridgehead atoms. The molecule has 0 saturated heterocycles. The molecule has 1 N–H and O–H groups in total. The molecule has 6 nitrogen and oxygen atoms in total. The fourth-order valence-electron chi connectivity index (χ4n) is 3.21. The first-order valence-electron chi connectivity index (χ1n) is 9.74. The molecule has 0 aliphatic carbocycles. The van der Waals surface area contributed by atoms with Crippen molar-refractivity contribution in [2.24, 2.45) is 4.99 Å². The number of alkyl halides is 3. The number of hydrogen-bond donors (Lipinski definition) is 1. The van der Waals surface area contributed by atoms with Crippen molar-refractivity contribution < 1.29 is 23.0 Å². The molecular formula is C22H25F3N4O2. The Labute approximate surface area is 178 Å². The minimum absolute atomic E-state index is 0.103. The maximum absolute atomic E-state index is 14.2. The lowest BCUT2D eigenvalue weighted by atomic mass is 9.90. The minimum Gasteiger partial charge on any atom is -0.496 e. The fourth-order valence-corrected chi connectivity index (χ4v) is 3.21. The number of fused-ring (bicyclic) bond motifs is 1. The summed E-state index contributed by atoms with van der Waals surface area (Å²) in [6.45, 7) is 3.50. The summed E-state index contributed by atoms with van der Waals surface area (Å²) in [5.41, 5.74) is -2.13. The van der Waals surface area contributed by atoms with Crippen LogP contribution in [0.2, 0.25) is 0 Å². The van der Waals surface area contributed by atoms with Gasteiger partial charge in [-0.3, -0.25) is 4.68 Å². The van der Waals surface area contributed by atoms with Crippen molar-refractivity contribution in [3.05, 3.63) is 53.7 Å². The first-order valence-corrected chi connectivity index (χ1v) is 9.74. The van der Waals surface area contributed by atoms with Gasteiger partial charge in [0, 0.05) is 36.8 Å². The summed E-state index contributed by atoms with van der Waals surface area (Å²) in [6, 6.07) is 9.64. The van der Waals surface area contributed by atoms with Gasteiger partial charge in [-0.25, -0.2) is 4.99 Å². The van der Waals surface area contributed by atoms with E-state index in [4.69, 9.17) is 4.74 Å². The number of aromatic nitrogens is 2. The number of nitrogens with zero attached hydrogens (tertiary/aromatic N) is 4. The standard InChI is InChI=1S/C22H25F3N4O2/c1-5-28(3)14-26-19-11-20(31-4)17(10-15(19)2)21(30,22(23,24)25)13-29-12-16-8-6-7-9-18(16)27-29/h6-12,14,30H,5,13H2,1-4H3/b26-14+. The molecule has 0 amide bonds. The number of benzene rings is 2. The summed E-state index contributed by atoms with van der Waals surface area (Å²) in [6.07, 6.45) is -1.91. The Bertz CT molecular complexity index is 1060. The molecule has 0 radical (unpaired) electrons. The molecule has 1 unspecified atom stereocenters. The van der Waals surface area contributed by atoms with E-state index in [1.807, 2.05) is 18.9 Å². The topological polar surface area (TPSA) is 62.9 Å². The number of hydrogen-bond acceptors (Lipinski definition) is 4. The van der Waals surface area contributed by atoms with Gasteiger partial charge in [0.05, 0.1) is 31.2 Å². The highest BCUT2D eigenvalue weighted by atomic mass is 19.4. The molecule has 1 heterocycles. The number of aliphatic imine (C=N–C) groups is 1. The van der Waals surface area contributed by atoms with E-state index < -0.39 is 18.3 Å². The van der Waals surface area contributed by atoms with Crippen LogP contribution in [0.1, 0.15) is 18.1 Å². The molecule has 2 aromatic carbocycles. The van der Waals surface area contributed by atoms with Crippen molar-refractivity contribution >= 4 is 22.9 Å². The molecule has 1 aromatic heterocycles. The maximum Gasteiger partial charge on any atom is 0.423 e. The van der Waals surface area contributed by atoms with Crippen molar-refractivity contribution in [1.29, 1.82) is 0 Å². The van der Waals surface area contributed by atoms with Crippen LogP contribution in [0, 0.1) is 6.92 Å². The van der Waals surface area contributed by atoms with Crippen molar-refractivity contribution in [2.45, 2.75) is 32.2 Å². The van der Waals surface area contributed by atoms with Gasteiger partial charge in [-0.05, 0) is 31.5 Å². The zero-order valence-electron chi connectivity index (χ0n) is 17.8. The van der Waals surface area contributed by atoms with Crippen LogP contribution < -0.4 is 4.74 Å². The summed E-state index contributed by atoms with van der Waals surface area (Å²) >= 11 is 0. The van der Waals surface area contributed by atoms with E-state index in [-0.39, 0.29) is 11.3 Å². The van der Waals surface area contributed by atoms with Crippen LogP contribution in [-0.2, 0) is 12.1 Å². The molecule has 0 aliphatic rings. The zero-order chi connectivity index (χ0) is 22.8. The number of methoxy groups -OCH3 is 1. The van der Waals surface area contributed by atoms with Crippen LogP contribution in [0.25, 0.3) is 10.9 Å². The molecule has 0 aliphatic heterocycles. The van der Waals surface area contributed by atoms with Crippen molar-refractivity contribution in [3.8, 4) is 5.75 Å². The number of ether oxygens (including phenoxy) is 1. The van der Waals surface area contributed by atoms with Crippen molar-refractivity contribution in [1.82, 2.24) is 14.7 Å². The molecule has 3 rings (SSSR count). The van der Waals surface area contributed by atoms with Gasteiger partial charge in [0.1, 0.15) is 5.75 Å².